The molecule has 6 heteroatoms. The van der Waals surface area contributed by atoms with Crippen molar-refractivity contribution in [1.82, 2.24) is 9.97 Å². The summed E-state index contributed by atoms with van der Waals surface area (Å²) in [4.78, 5) is 7.94. The average molecular weight is 244 g/mol. The van der Waals surface area contributed by atoms with Crippen molar-refractivity contribution in [2.45, 2.75) is 0 Å². The summed E-state index contributed by atoms with van der Waals surface area (Å²) < 4.78 is 18.3. The Hall–Kier alpha value is -2.68. The molecule has 5 nitrogen and oxygen atoms in total. The SMILES string of the molecule is COc1ccc(F)cc1-c1nc(N)cc(C#N)n1. The average Bonchev–Trinajstić information content (AvgIpc) is 2.38. The molecule has 0 aliphatic heterocycles. The van der Waals surface area contributed by atoms with Gasteiger partial charge in [0.05, 0.1) is 12.7 Å². The van der Waals surface area contributed by atoms with Gasteiger partial charge in [-0.15, -0.1) is 0 Å². The van der Waals surface area contributed by atoms with E-state index in [1.807, 2.05) is 6.07 Å². The van der Waals surface area contributed by atoms with E-state index in [0.717, 1.165) is 0 Å². The highest BCUT2D eigenvalue weighted by Gasteiger charge is 2.12. The number of nitriles is 1. The lowest BCUT2D eigenvalue weighted by Gasteiger charge is -2.07. The van der Waals surface area contributed by atoms with Crippen LogP contribution in [0.5, 0.6) is 5.75 Å². The lowest BCUT2D eigenvalue weighted by Crippen LogP contribution is -2.00. The molecule has 0 bridgehead atoms. The first-order chi connectivity index (χ1) is 8.63. The zero-order valence-electron chi connectivity index (χ0n) is 9.51. The molecule has 0 aliphatic carbocycles. The summed E-state index contributed by atoms with van der Waals surface area (Å²) in [5, 5.41) is 8.81. The van der Waals surface area contributed by atoms with Gasteiger partial charge >= 0.3 is 0 Å². The summed E-state index contributed by atoms with van der Waals surface area (Å²) >= 11 is 0. The summed E-state index contributed by atoms with van der Waals surface area (Å²) in [7, 11) is 1.45. The molecular formula is C12H9FN4O. The molecule has 0 unspecified atom stereocenters. The topological polar surface area (TPSA) is 84.8 Å². The van der Waals surface area contributed by atoms with Crippen LogP contribution in [0, 0.1) is 17.1 Å². The molecule has 1 aromatic carbocycles. The lowest BCUT2D eigenvalue weighted by atomic mass is 10.1. The van der Waals surface area contributed by atoms with Gasteiger partial charge in [0.2, 0.25) is 0 Å². The maximum absolute atomic E-state index is 13.2. The number of aromatic nitrogens is 2. The first kappa shape index (κ1) is 11.8. The number of nitrogens with two attached hydrogens (primary N) is 1. The van der Waals surface area contributed by atoms with Crippen LogP contribution in [-0.4, -0.2) is 17.1 Å². The lowest BCUT2D eigenvalue weighted by molar-refractivity contribution is 0.415. The van der Waals surface area contributed by atoms with Crippen LogP contribution < -0.4 is 10.5 Å². The van der Waals surface area contributed by atoms with Gasteiger partial charge in [-0.25, -0.2) is 14.4 Å². The van der Waals surface area contributed by atoms with Crippen molar-refractivity contribution in [2.75, 3.05) is 12.8 Å². The zero-order valence-corrected chi connectivity index (χ0v) is 9.51. The second-order valence-corrected chi connectivity index (χ2v) is 3.46. The molecule has 1 heterocycles. The van der Waals surface area contributed by atoms with E-state index in [1.165, 1.54) is 31.4 Å². The molecule has 0 aliphatic rings. The second-order valence-electron chi connectivity index (χ2n) is 3.46. The van der Waals surface area contributed by atoms with E-state index in [2.05, 4.69) is 9.97 Å². The van der Waals surface area contributed by atoms with Gasteiger partial charge in [0.25, 0.3) is 0 Å². The Morgan fingerprint density at radius 2 is 2.11 bits per heavy atom. The summed E-state index contributed by atoms with van der Waals surface area (Å²) in [6.45, 7) is 0. The Labute approximate surface area is 103 Å². The van der Waals surface area contributed by atoms with Crippen molar-refractivity contribution >= 4 is 5.82 Å². The molecule has 0 fully saturated rings. The van der Waals surface area contributed by atoms with Gasteiger partial charge in [-0.2, -0.15) is 5.26 Å². The predicted octanol–water partition coefficient (Wildman–Crippen LogP) is 1.75. The number of hydrogen-bond donors (Lipinski definition) is 1. The number of benzene rings is 1. The Morgan fingerprint density at radius 3 is 2.78 bits per heavy atom. The first-order valence-electron chi connectivity index (χ1n) is 5.02. The summed E-state index contributed by atoms with van der Waals surface area (Å²) in [5.74, 6) is 0.256. The molecule has 2 N–H and O–H groups in total. The van der Waals surface area contributed by atoms with Crippen molar-refractivity contribution in [3.05, 3.63) is 35.8 Å². The fourth-order valence-electron chi connectivity index (χ4n) is 1.50. The minimum Gasteiger partial charge on any atom is -0.496 e. The fraction of sp³-hybridized carbons (Fsp3) is 0.0833. The molecule has 1 aromatic heterocycles. The van der Waals surface area contributed by atoms with Crippen LogP contribution >= 0.6 is 0 Å². The quantitative estimate of drug-likeness (QED) is 0.869. The number of ether oxygens (including phenoxy) is 1. The van der Waals surface area contributed by atoms with Gasteiger partial charge in [-0.1, -0.05) is 0 Å². The maximum Gasteiger partial charge on any atom is 0.166 e. The van der Waals surface area contributed by atoms with Crippen LogP contribution in [0.4, 0.5) is 10.2 Å². The third kappa shape index (κ3) is 2.20. The van der Waals surface area contributed by atoms with Crippen molar-refractivity contribution in [1.29, 1.82) is 5.26 Å². The van der Waals surface area contributed by atoms with E-state index >= 15 is 0 Å². The van der Waals surface area contributed by atoms with Crippen LogP contribution in [0.2, 0.25) is 0 Å². The van der Waals surface area contributed by atoms with E-state index < -0.39 is 5.82 Å². The van der Waals surface area contributed by atoms with Gasteiger partial charge in [0.15, 0.2) is 5.82 Å². The maximum atomic E-state index is 13.2. The smallest absolute Gasteiger partial charge is 0.166 e. The van der Waals surface area contributed by atoms with Gasteiger partial charge in [-0.05, 0) is 18.2 Å². The standard InChI is InChI=1S/C12H9FN4O/c1-18-10-3-2-7(13)4-9(10)12-16-8(6-14)5-11(15)17-12/h2-5H,1H3,(H2,15,16,17). The number of methoxy groups -OCH3 is 1. The number of nitrogens with zero attached hydrogens (tertiary/aromatic N) is 3. The van der Waals surface area contributed by atoms with Crippen LogP contribution in [-0.2, 0) is 0 Å². The van der Waals surface area contributed by atoms with E-state index in [-0.39, 0.29) is 17.3 Å². The van der Waals surface area contributed by atoms with Gasteiger partial charge in [0.1, 0.15) is 29.1 Å². The number of anilines is 1. The van der Waals surface area contributed by atoms with E-state index in [0.29, 0.717) is 11.3 Å². The monoisotopic (exact) mass is 244 g/mol. The van der Waals surface area contributed by atoms with Crippen molar-refractivity contribution in [3.8, 4) is 23.2 Å². The second kappa shape index (κ2) is 4.67. The molecule has 0 radical (unpaired) electrons. The molecular weight excluding hydrogens is 235 g/mol. The highest BCUT2D eigenvalue weighted by molar-refractivity contribution is 5.65. The van der Waals surface area contributed by atoms with Crippen LogP contribution in [0.3, 0.4) is 0 Å². The van der Waals surface area contributed by atoms with Crippen molar-refractivity contribution < 1.29 is 9.13 Å². The third-order valence-electron chi connectivity index (χ3n) is 2.26. The molecule has 2 rings (SSSR count). The molecule has 90 valence electrons. The van der Waals surface area contributed by atoms with Crippen LogP contribution in [0.1, 0.15) is 5.69 Å². The Morgan fingerprint density at radius 1 is 1.33 bits per heavy atom. The van der Waals surface area contributed by atoms with Gasteiger partial charge in [0, 0.05) is 6.07 Å². The van der Waals surface area contributed by atoms with Crippen molar-refractivity contribution in [3.63, 3.8) is 0 Å². The summed E-state index contributed by atoms with van der Waals surface area (Å²) in [5.41, 5.74) is 6.03. The Balaban J connectivity index is 2.65. The normalized spacial score (nSPS) is 9.83. The van der Waals surface area contributed by atoms with Gasteiger partial charge < -0.3 is 10.5 Å². The van der Waals surface area contributed by atoms with Gasteiger partial charge in [-0.3, -0.25) is 0 Å². The number of halogens is 1. The molecule has 2 aromatic rings. The van der Waals surface area contributed by atoms with E-state index in [9.17, 15) is 4.39 Å². The fourth-order valence-corrected chi connectivity index (χ4v) is 1.50. The molecule has 0 amide bonds. The molecule has 0 atom stereocenters. The largest absolute Gasteiger partial charge is 0.496 e. The van der Waals surface area contributed by atoms with Crippen LogP contribution in [0.25, 0.3) is 11.4 Å². The third-order valence-corrected chi connectivity index (χ3v) is 2.26. The zero-order chi connectivity index (χ0) is 13.1. The van der Waals surface area contributed by atoms with E-state index in [1.54, 1.807) is 0 Å². The highest BCUT2D eigenvalue weighted by Crippen LogP contribution is 2.28. The Bertz CT molecular complexity index is 636. The van der Waals surface area contributed by atoms with Crippen molar-refractivity contribution in [2.24, 2.45) is 0 Å². The summed E-state index contributed by atoms with van der Waals surface area (Å²) in [6.07, 6.45) is 0. The number of hydrogen-bond acceptors (Lipinski definition) is 5. The molecule has 18 heavy (non-hydrogen) atoms. The minimum absolute atomic E-state index is 0.115. The number of rotatable bonds is 2. The predicted molar refractivity (Wildman–Crippen MR) is 63.1 cm³/mol. The Kier molecular flexibility index (Phi) is 3.06. The summed E-state index contributed by atoms with van der Waals surface area (Å²) in [6, 6.07) is 7.16. The van der Waals surface area contributed by atoms with Crippen LogP contribution in [0.15, 0.2) is 24.3 Å². The minimum atomic E-state index is -0.449. The first-order valence-corrected chi connectivity index (χ1v) is 5.02. The van der Waals surface area contributed by atoms with E-state index in [4.69, 9.17) is 15.7 Å². The number of nitrogen functional groups attached to an aromatic ring is 1. The molecule has 0 saturated carbocycles. The highest BCUT2D eigenvalue weighted by atomic mass is 19.1. The molecule has 0 saturated heterocycles. The molecule has 0 spiro atoms.